The van der Waals surface area contributed by atoms with Crippen LogP contribution in [0, 0.1) is 58.2 Å². The van der Waals surface area contributed by atoms with Crippen LogP contribution >= 0.6 is 11.6 Å². The maximum absolute atomic E-state index is 12.1. The average Bonchev–Trinajstić information content (AvgIpc) is 3.51. The molecule has 0 aliphatic heterocycles. The number of halogens is 1. The molecule has 0 radical (unpaired) electrons. The third-order valence-corrected chi connectivity index (χ3v) is 13.8. The van der Waals surface area contributed by atoms with Crippen molar-refractivity contribution < 1.29 is 24.8 Å². The lowest BCUT2D eigenvalue weighted by atomic mass is 9.43. The van der Waals surface area contributed by atoms with Crippen molar-refractivity contribution in [2.24, 2.45) is 58.2 Å². The zero-order chi connectivity index (χ0) is 27.0. The standard InChI is InChI=1S/C31H53ClO5/c1-18-13-22(18)19(2)14-27(34)31(35,17-32)25-10-9-23-21-8-7-20-16-30(36-5,37-6)12-11-28(20,3)24(21)15-26(33)29(23,25)4/h18-27,33-35H,7-17H2,1-6H3/t18-,19-,20?,21+,22-,23?,24?,25?,26-,27?,28+,29+,31+/m1/s1. The van der Waals surface area contributed by atoms with Crippen LogP contribution in [0.3, 0.4) is 0 Å². The molecule has 5 aliphatic rings. The topological polar surface area (TPSA) is 79.2 Å². The first kappa shape index (κ1) is 28.6. The summed E-state index contributed by atoms with van der Waals surface area (Å²) in [4.78, 5) is 0. The highest BCUT2D eigenvalue weighted by molar-refractivity contribution is 6.18. The third kappa shape index (κ3) is 4.27. The van der Waals surface area contributed by atoms with Crippen LogP contribution in [0.4, 0.5) is 0 Å². The van der Waals surface area contributed by atoms with E-state index < -0.39 is 29.0 Å². The van der Waals surface area contributed by atoms with E-state index in [1.165, 1.54) is 12.8 Å². The van der Waals surface area contributed by atoms with Gasteiger partial charge >= 0.3 is 0 Å². The molecule has 0 saturated heterocycles. The molecule has 5 aliphatic carbocycles. The molecule has 5 saturated carbocycles. The number of hydrogen-bond donors (Lipinski definition) is 3. The number of methoxy groups -OCH3 is 2. The van der Waals surface area contributed by atoms with Gasteiger partial charge in [0, 0.05) is 32.5 Å². The molecule has 5 unspecified atom stereocenters. The van der Waals surface area contributed by atoms with Gasteiger partial charge < -0.3 is 24.8 Å². The molecule has 0 aromatic carbocycles. The zero-order valence-electron chi connectivity index (χ0n) is 24.1. The van der Waals surface area contributed by atoms with Crippen LogP contribution < -0.4 is 0 Å². The van der Waals surface area contributed by atoms with E-state index in [1.807, 2.05) is 0 Å². The van der Waals surface area contributed by atoms with Crippen molar-refractivity contribution in [1.82, 2.24) is 0 Å². The van der Waals surface area contributed by atoms with Crippen molar-refractivity contribution in [1.29, 1.82) is 0 Å². The lowest BCUT2D eigenvalue weighted by Gasteiger charge is -2.63. The first-order chi connectivity index (χ1) is 17.4. The Bertz CT molecular complexity index is 834. The average molecular weight is 541 g/mol. The Balaban J connectivity index is 1.37. The minimum Gasteiger partial charge on any atom is -0.393 e. The van der Waals surface area contributed by atoms with Crippen molar-refractivity contribution in [2.75, 3.05) is 20.1 Å². The van der Waals surface area contributed by atoms with Crippen molar-refractivity contribution in [3.05, 3.63) is 0 Å². The van der Waals surface area contributed by atoms with Crippen LogP contribution in [0.5, 0.6) is 0 Å². The molecule has 3 N–H and O–H groups in total. The lowest BCUT2D eigenvalue weighted by molar-refractivity contribution is -0.267. The number of aliphatic hydroxyl groups is 3. The van der Waals surface area contributed by atoms with Gasteiger partial charge in [0.15, 0.2) is 5.79 Å². The number of fused-ring (bicyclic) bond motifs is 5. The van der Waals surface area contributed by atoms with Gasteiger partial charge in [0.25, 0.3) is 0 Å². The number of hydrogen-bond acceptors (Lipinski definition) is 5. The second kappa shape index (κ2) is 9.87. The van der Waals surface area contributed by atoms with Crippen molar-refractivity contribution >= 4 is 11.6 Å². The molecule has 0 aromatic rings. The Labute approximate surface area is 230 Å². The summed E-state index contributed by atoms with van der Waals surface area (Å²) < 4.78 is 11.7. The van der Waals surface area contributed by atoms with Gasteiger partial charge in [0.1, 0.15) is 5.60 Å². The molecule has 0 spiro atoms. The summed E-state index contributed by atoms with van der Waals surface area (Å²) in [6.45, 7) is 9.15. The van der Waals surface area contributed by atoms with E-state index in [-0.39, 0.29) is 17.2 Å². The summed E-state index contributed by atoms with van der Waals surface area (Å²) in [5.41, 5.74) is -1.63. The van der Waals surface area contributed by atoms with E-state index in [2.05, 4.69) is 27.7 Å². The molecular formula is C31H53ClO5. The summed E-state index contributed by atoms with van der Waals surface area (Å²) in [5.74, 6) is 2.98. The molecular weight excluding hydrogens is 488 g/mol. The Morgan fingerprint density at radius 3 is 2.30 bits per heavy atom. The highest BCUT2D eigenvalue weighted by Crippen LogP contribution is 2.69. The van der Waals surface area contributed by atoms with Crippen LogP contribution in [0.1, 0.15) is 91.9 Å². The zero-order valence-corrected chi connectivity index (χ0v) is 24.8. The van der Waals surface area contributed by atoms with E-state index >= 15 is 0 Å². The summed E-state index contributed by atoms with van der Waals surface area (Å²) in [6, 6.07) is 0. The maximum Gasteiger partial charge on any atom is 0.167 e. The second-order valence-electron chi connectivity index (χ2n) is 14.7. The summed E-state index contributed by atoms with van der Waals surface area (Å²) in [6.07, 6.45) is 8.25. The maximum atomic E-state index is 12.1. The van der Waals surface area contributed by atoms with Crippen LogP contribution in [-0.4, -0.2) is 59.0 Å². The number of ether oxygens (including phenoxy) is 2. The molecule has 0 bridgehead atoms. The summed E-state index contributed by atoms with van der Waals surface area (Å²) in [5, 5.41) is 35.4. The van der Waals surface area contributed by atoms with Gasteiger partial charge in [-0.2, -0.15) is 0 Å². The number of aliphatic hydroxyl groups excluding tert-OH is 2. The van der Waals surface area contributed by atoms with Crippen molar-refractivity contribution in [3.63, 3.8) is 0 Å². The predicted molar refractivity (Wildman–Crippen MR) is 146 cm³/mol. The fraction of sp³-hybridized carbons (Fsp3) is 1.00. The second-order valence-corrected chi connectivity index (χ2v) is 14.9. The molecule has 5 fully saturated rings. The highest BCUT2D eigenvalue weighted by atomic mass is 35.5. The molecule has 5 rings (SSSR count). The fourth-order valence-electron chi connectivity index (χ4n) is 10.7. The van der Waals surface area contributed by atoms with Gasteiger partial charge in [-0.05, 0) is 104 Å². The highest BCUT2D eigenvalue weighted by Gasteiger charge is 2.67. The first-order valence-corrected chi connectivity index (χ1v) is 15.7. The minimum atomic E-state index is -1.37. The summed E-state index contributed by atoms with van der Waals surface area (Å²) in [7, 11) is 3.54. The van der Waals surface area contributed by atoms with Gasteiger partial charge in [-0.1, -0.05) is 27.7 Å². The lowest BCUT2D eigenvalue weighted by Crippen LogP contribution is -2.63. The van der Waals surface area contributed by atoms with Crippen LogP contribution in [0.15, 0.2) is 0 Å². The monoisotopic (exact) mass is 540 g/mol. The number of alkyl halides is 1. The molecule has 214 valence electrons. The normalized spacial score (nSPS) is 49.8. The van der Waals surface area contributed by atoms with Gasteiger partial charge in [-0.15, -0.1) is 11.6 Å². The third-order valence-electron chi connectivity index (χ3n) is 13.4. The Hall–Kier alpha value is 0.0900. The van der Waals surface area contributed by atoms with Crippen LogP contribution in [0.25, 0.3) is 0 Å². The van der Waals surface area contributed by atoms with E-state index in [1.54, 1.807) is 14.2 Å². The van der Waals surface area contributed by atoms with Crippen LogP contribution in [-0.2, 0) is 9.47 Å². The first-order valence-electron chi connectivity index (χ1n) is 15.1. The van der Waals surface area contributed by atoms with Crippen molar-refractivity contribution in [3.8, 4) is 0 Å². The largest absolute Gasteiger partial charge is 0.393 e. The molecule has 6 heteroatoms. The minimum absolute atomic E-state index is 0.0187. The molecule has 5 nitrogen and oxygen atoms in total. The molecule has 0 amide bonds. The Morgan fingerprint density at radius 2 is 1.70 bits per heavy atom. The van der Waals surface area contributed by atoms with Gasteiger partial charge in [-0.25, -0.2) is 0 Å². The number of rotatable bonds is 8. The van der Waals surface area contributed by atoms with Crippen LogP contribution in [0.2, 0.25) is 0 Å². The Morgan fingerprint density at radius 1 is 1.03 bits per heavy atom. The van der Waals surface area contributed by atoms with Crippen molar-refractivity contribution in [2.45, 2.75) is 115 Å². The Kier molecular flexibility index (Phi) is 7.63. The van der Waals surface area contributed by atoms with E-state index in [0.29, 0.717) is 47.8 Å². The molecule has 37 heavy (non-hydrogen) atoms. The molecule has 13 atom stereocenters. The predicted octanol–water partition coefficient (Wildman–Crippen LogP) is 5.62. The van der Waals surface area contributed by atoms with Gasteiger partial charge in [0.2, 0.25) is 0 Å². The summed E-state index contributed by atoms with van der Waals surface area (Å²) >= 11 is 6.52. The van der Waals surface area contributed by atoms with Gasteiger partial charge in [-0.3, -0.25) is 0 Å². The van der Waals surface area contributed by atoms with E-state index in [9.17, 15) is 15.3 Å². The quantitative estimate of drug-likeness (QED) is 0.275. The SMILES string of the molecule is COC1(OC)CC[C@@]2(C)C(CC[C@@H]3C2C[C@@H](O)[C@@]2(C)C3CCC2[C@@](O)(CCl)C(O)C[C@@H](C)[C@@H]2C[C@H]2C)C1. The van der Waals surface area contributed by atoms with E-state index in [4.69, 9.17) is 21.1 Å². The van der Waals surface area contributed by atoms with Gasteiger partial charge in [0.05, 0.1) is 18.1 Å². The van der Waals surface area contributed by atoms with E-state index in [0.717, 1.165) is 44.9 Å². The molecule has 0 heterocycles. The molecule has 0 aromatic heterocycles. The smallest absolute Gasteiger partial charge is 0.167 e. The fourth-order valence-corrected chi connectivity index (χ4v) is 11.1.